The molecule has 1 heterocycles. The van der Waals surface area contributed by atoms with Gasteiger partial charge in [0.2, 0.25) is 0 Å². The smallest absolute Gasteiger partial charge is 0.305 e. The molecule has 0 aromatic carbocycles. The average Bonchev–Trinajstić information content (AvgIpc) is 2.49. The van der Waals surface area contributed by atoms with E-state index in [1.54, 1.807) is 6.08 Å². The minimum Gasteiger partial charge on any atom is -0.494 e. The van der Waals surface area contributed by atoms with Gasteiger partial charge >= 0.3 is 5.97 Å². The number of hydrogen-bond donors (Lipinski definition) is 3. The van der Waals surface area contributed by atoms with Gasteiger partial charge in [0, 0.05) is 29.1 Å². The second-order valence-corrected chi connectivity index (χ2v) is 4.42. The normalized spacial score (nSPS) is 14.3. The predicted octanol–water partition coefficient (Wildman–Crippen LogP) is 1.60. The van der Waals surface area contributed by atoms with E-state index in [2.05, 4.69) is 0 Å². The first-order valence-corrected chi connectivity index (χ1v) is 5.57. The van der Waals surface area contributed by atoms with Gasteiger partial charge in [0.25, 0.3) is 0 Å². The molecule has 0 saturated carbocycles. The Kier molecular flexibility index (Phi) is 3.02. The molecule has 6 heteroatoms. The lowest BCUT2D eigenvalue weighted by molar-refractivity contribution is -0.137. The quantitative estimate of drug-likeness (QED) is 0.768. The number of aromatic nitrogens is 1. The Labute approximate surface area is 103 Å². The molecule has 17 heavy (non-hydrogen) atoms. The van der Waals surface area contributed by atoms with E-state index >= 15 is 0 Å². The summed E-state index contributed by atoms with van der Waals surface area (Å²) in [4.78, 5) is 10.5. The van der Waals surface area contributed by atoms with Crippen molar-refractivity contribution in [1.29, 1.82) is 0 Å². The monoisotopic (exact) mass is 257 g/mol. The van der Waals surface area contributed by atoms with Gasteiger partial charge in [-0.05, 0) is 6.42 Å². The largest absolute Gasteiger partial charge is 0.494 e. The maximum absolute atomic E-state index is 10.5. The summed E-state index contributed by atoms with van der Waals surface area (Å²) >= 11 is 5.87. The van der Waals surface area contributed by atoms with Crippen LogP contribution in [0.3, 0.4) is 0 Å². The van der Waals surface area contributed by atoms with Gasteiger partial charge in [-0.15, -0.1) is 0 Å². The second-order valence-electron chi connectivity index (χ2n) is 3.93. The molecule has 0 spiro atoms. The van der Waals surface area contributed by atoms with Crippen molar-refractivity contribution >= 4 is 17.6 Å². The molecule has 2 rings (SSSR count). The van der Waals surface area contributed by atoms with Crippen LogP contribution in [0.5, 0.6) is 11.8 Å². The number of fused-ring (bicyclic) bond motifs is 1. The summed E-state index contributed by atoms with van der Waals surface area (Å²) in [6.45, 7) is 0.0393. The maximum atomic E-state index is 10.5. The molecule has 5 nitrogen and oxygen atoms in total. The number of hydrogen-bond acceptors (Lipinski definition) is 3. The van der Waals surface area contributed by atoms with E-state index in [4.69, 9.17) is 16.7 Å². The molecule has 1 aliphatic rings. The van der Waals surface area contributed by atoms with E-state index in [1.807, 2.05) is 0 Å². The molecular formula is C11H12ClNO4. The summed E-state index contributed by atoms with van der Waals surface area (Å²) < 4.78 is 1.21. The van der Waals surface area contributed by atoms with Crippen molar-refractivity contribution in [2.75, 3.05) is 0 Å². The standard InChI is InChI=1S/C11H12ClNO4/c12-6-1-2-7-8(5-6)11(17)13(10(7)16)4-3-9(14)15/h1,16-17H,2-5H2,(H,14,15). The van der Waals surface area contributed by atoms with Crippen LogP contribution >= 0.6 is 11.6 Å². The van der Waals surface area contributed by atoms with E-state index in [1.165, 1.54) is 4.57 Å². The number of allylic oxidation sites excluding steroid dienone is 2. The molecule has 0 atom stereocenters. The number of aliphatic carboxylic acids is 1. The first kappa shape index (κ1) is 11.9. The molecular weight excluding hydrogens is 246 g/mol. The van der Waals surface area contributed by atoms with Crippen LogP contribution < -0.4 is 0 Å². The van der Waals surface area contributed by atoms with Crippen LogP contribution in [0.2, 0.25) is 0 Å². The van der Waals surface area contributed by atoms with Crippen molar-refractivity contribution in [2.24, 2.45) is 0 Å². The van der Waals surface area contributed by atoms with E-state index in [0.29, 0.717) is 29.0 Å². The molecule has 0 amide bonds. The highest BCUT2D eigenvalue weighted by Crippen LogP contribution is 2.39. The Morgan fingerprint density at radius 1 is 1.35 bits per heavy atom. The molecule has 0 bridgehead atoms. The summed E-state index contributed by atoms with van der Waals surface area (Å²) in [5, 5.41) is 29.0. The van der Waals surface area contributed by atoms with Crippen LogP contribution in [0.1, 0.15) is 17.5 Å². The SMILES string of the molecule is O=C(O)CCn1c(O)c2c(c1O)CC(Cl)=CC2. The number of nitrogens with zero attached hydrogens (tertiary/aromatic N) is 1. The molecule has 0 unspecified atom stereocenters. The highest BCUT2D eigenvalue weighted by Gasteiger charge is 2.24. The minimum atomic E-state index is -0.980. The zero-order valence-corrected chi connectivity index (χ0v) is 9.74. The highest BCUT2D eigenvalue weighted by atomic mass is 35.5. The molecule has 3 N–H and O–H groups in total. The topological polar surface area (TPSA) is 82.7 Å². The molecule has 1 aliphatic carbocycles. The Bertz CT molecular complexity index is 504. The van der Waals surface area contributed by atoms with Gasteiger partial charge in [-0.25, -0.2) is 0 Å². The zero-order chi connectivity index (χ0) is 12.6. The predicted molar refractivity (Wildman–Crippen MR) is 61.4 cm³/mol. The summed E-state index contributed by atoms with van der Waals surface area (Å²) in [5.41, 5.74) is 1.21. The number of rotatable bonds is 3. The van der Waals surface area contributed by atoms with Gasteiger partial charge in [-0.1, -0.05) is 17.7 Å². The van der Waals surface area contributed by atoms with Crippen molar-refractivity contribution in [3.05, 3.63) is 22.2 Å². The lowest BCUT2D eigenvalue weighted by Crippen LogP contribution is -2.03. The number of aromatic hydroxyl groups is 2. The number of carboxylic acid groups (broad SMARTS) is 1. The van der Waals surface area contributed by atoms with E-state index in [9.17, 15) is 15.0 Å². The highest BCUT2D eigenvalue weighted by molar-refractivity contribution is 6.29. The van der Waals surface area contributed by atoms with E-state index in [0.717, 1.165) is 0 Å². The third kappa shape index (κ3) is 2.10. The Balaban J connectivity index is 2.33. The first-order chi connectivity index (χ1) is 8.00. The van der Waals surface area contributed by atoms with E-state index in [-0.39, 0.29) is 24.7 Å². The third-order valence-electron chi connectivity index (χ3n) is 2.84. The van der Waals surface area contributed by atoms with Crippen molar-refractivity contribution in [1.82, 2.24) is 4.57 Å². The van der Waals surface area contributed by atoms with Gasteiger partial charge in [0.1, 0.15) is 0 Å². The van der Waals surface area contributed by atoms with Crippen LogP contribution in [0.4, 0.5) is 0 Å². The fourth-order valence-corrected chi connectivity index (χ4v) is 2.18. The van der Waals surface area contributed by atoms with Gasteiger partial charge in [-0.3, -0.25) is 9.36 Å². The number of carboxylic acids is 1. The molecule has 1 aromatic heterocycles. The summed E-state index contributed by atoms with van der Waals surface area (Å²) in [6, 6.07) is 0. The van der Waals surface area contributed by atoms with Crippen LogP contribution in [-0.2, 0) is 24.2 Å². The zero-order valence-electron chi connectivity index (χ0n) is 8.98. The van der Waals surface area contributed by atoms with Crippen LogP contribution in [0.15, 0.2) is 11.1 Å². The number of carbonyl (C=O) groups is 1. The van der Waals surface area contributed by atoms with Crippen LogP contribution in [-0.4, -0.2) is 25.9 Å². The second kappa shape index (κ2) is 4.33. The molecule has 92 valence electrons. The van der Waals surface area contributed by atoms with Crippen molar-refractivity contribution in [2.45, 2.75) is 25.8 Å². The lowest BCUT2D eigenvalue weighted by Gasteiger charge is -2.07. The fraction of sp³-hybridized carbons (Fsp3) is 0.364. The van der Waals surface area contributed by atoms with Gasteiger partial charge in [0.15, 0.2) is 11.8 Å². The van der Waals surface area contributed by atoms with Gasteiger partial charge < -0.3 is 15.3 Å². The van der Waals surface area contributed by atoms with Crippen LogP contribution in [0.25, 0.3) is 0 Å². The van der Waals surface area contributed by atoms with Crippen molar-refractivity contribution in [3.63, 3.8) is 0 Å². The summed E-state index contributed by atoms with van der Waals surface area (Å²) in [7, 11) is 0. The summed E-state index contributed by atoms with van der Waals surface area (Å²) in [5.74, 6) is -1.14. The van der Waals surface area contributed by atoms with Crippen molar-refractivity contribution in [3.8, 4) is 11.8 Å². The summed E-state index contributed by atoms with van der Waals surface area (Å²) in [6.07, 6.45) is 2.43. The Morgan fingerprint density at radius 3 is 2.65 bits per heavy atom. The number of halogens is 1. The Morgan fingerprint density at radius 2 is 2.00 bits per heavy atom. The molecule has 0 aliphatic heterocycles. The van der Waals surface area contributed by atoms with E-state index < -0.39 is 5.97 Å². The fourth-order valence-electron chi connectivity index (χ4n) is 1.97. The lowest BCUT2D eigenvalue weighted by atomic mass is 10.0. The molecule has 1 aromatic rings. The Hall–Kier alpha value is -1.62. The maximum Gasteiger partial charge on any atom is 0.305 e. The molecule has 0 fully saturated rings. The molecule has 0 radical (unpaired) electrons. The minimum absolute atomic E-state index is 0.0393. The average molecular weight is 258 g/mol. The van der Waals surface area contributed by atoms with Gasteiger partial charge in [0.05, 0.1) is 6.42 Å². The van der Waals surface area contributed by atoms with Crippen molar-refractivity contribution < 1.29 is 20.1 Å². The first-order valence-electron chi connectivity index (χ1n) is 5.19. The molecule has 0 saturated heterocycles. The van der Waals surface area contributed by atoms with Gasteiger partial charge in [-0.2, -0.15) is 0 Å². The van der Waals surface area contributed by atoms with Crippen LogP contribution in [0, 0.1) is 0 Å². The third-order valence-corrected chi connectivity index (χ3v) is 3.13.